The van der Waals surface area contributed by atoms with Crippen molar-refractivity contribution in [3.05, 3.63) is 36.4 Å². The largest absolute Gasteiger partial charge is 0.494 e. The Morgan fingerprint density at radius 3 is 1.50 bits per heavy atom. The number of ether oxygens (including phenoxy) is 2. The fourth-order valence-electron chi connectivity index (χ4n) is 3.97. The molecule has 4 heteroatoms. The van der Waals surface area contributed by atoms with Gasteiger partial charge in [0.05, 0.1) is 24.6 Å². The maximum atomic E-state index is 6.03. The van der Waals surface area contributed by atoms with Gasteiger partial charge in [0, 0.05) is 9.79 Å². The lowest BCUT2D eigenvalue weighted by molar-refractivity contribution is 0.303. The van der Waals surface area contributed by atoms with Crippen LogP contribution in [0.3, 0.4) is 0 Å². The minimum atomic E-state index is 0.802. The fourth-order valence-corrected chi connectivity index (χ4v) is 5.01. The monoisotopic (exact) mass is 455 g/mol. The van der Waals surface area contributed by atoms with Gasteiger partial charge < -0.3 is 14.8 Å². The molecule has 1 aliphatic heterocycles. The lowest BCUT2D eigenvalue weighted by Crippen LogP contribution is -2.03. The summed E-state index contributed by atoms with van der Waals surface area (Å²) in [6.07, 6.45) is 15.4. The van der Waals surface area contributed by atoms with E-state index < -0.39 is 0 Å². The van der Waals surface area contributed by atoms with Gasteiger partial charge in [-0.05, 0) is 49.2 Å². The van der Waals surface area contributed by atoms with Gasteiger partial charge in [-0.2, -0.15) is 0 Å². The zero-order valence-electron chi connectivity index (χ0n) is 20.1. The molecule has 1 N–H and O–H groups in total. The molecule has 176 valence electrons. The molecule has 32 heavy (non-hydrogen) atoms. The third kappa shape index (κ3) is 8.27. The molecule has 1 heterocycles. The molecule has 2 aromatic carbocycles. The topological polar surface area (TPSA) is 30.5 Å². The summed E-state index contributed by atoms with van der Waals surface area (Å²) in [6.45, 7) is 6.12. The van der Waals surface area contributed by atoms with Crippen LogP contribution in [0, 0.1) is 0 Å². The second-order valence-corrected chi connectivity index (χ2v) is 9.86. The van der Waals surface area contributed by atoms with Crippen molar-refractivity contribution < 1.29 is 9.47 Å². The molecular formula is C28H41NO2S. The summed E-state index contributed by atoms with van der Waals surface area (Å²) in [6, 6.07) is 12.7. The van der Waals surface area contributed by atoms with E-state index in [2.05, 4.69) is 55.6 Å². The van der Waals surface area contributed by atoms with Crippen LogP contribution in [0.5, 0.6) is 11.5 Å². The van der Waals surface area contributed by atoms with E-state index in [-0.39, 0.29) is 0 Å². The van der Waals surface area contributed by atoms with E-state index in [0.717, 1.165) is 48.9 Å². The first kappa shape index (κ1) is 24.8. The van der Waals surface area contributed by atoms with Gasteiger partial charge in [0.25, 0.3) is 0 Å². The minimum absolute atomic E-state index is 0.802. The molecule has 0 amide bonds. The summed E-state index contributed by atoms with van der Waals surface area (Å²) in [4.78, 5) is 2.43. The van der Waals surface area contributed by atoms with Crippen molar-refractivity contribution >= 4 is 23.1 Å². The second kappa shape index (κ2) is 14.4. The van der Waals surface area contributed by atoms with Crippen molar-refractivity contribution in [2.75, 3.05) is 18.5 Å². The van der Waals surface area contributed by atoms with Crippen LogP contribution in [0.1, 0.15) is 90.9 Å². The first-order valence-corrected chi connectivity index (χ1v) is 13.6. The normalized spacial score (nSPS) is 12.1. The fraction of sp³-hybridized carbons (Fsp3) is 0.571. The van der Waals surface area contributed by atoms with Crippen molar-refractivity contribution in [3.8, 4) is 11.5 Å². The van der Waals surface area contributed by atoms with Gasteiger partial charge in [0.2, 0.25) is 0 Å². The molecule has 0 aliphatic carbocycles. The van der Waals surface area contributed by atoms with Crippen LogP contribution in [0.4, 0.5) is 11.4 Å². The molecule has 3 nitrogen and oxygen atoms in total. The number of rotatable bonds is 16. The molecule has 0 saturated heterocycles. The van der Waals surface area contributed by atoms with E-state index in [0.29, 0.717) is 0 Å². The van der Waals surface area contributed by atoms with Crippen LogP contribution in [-0.2, 0) is 0 Å². The second-order valence-electron chi connectivity index (χ2n) is 8.78. The van der Waals surface area contributed by atoms with Crippen molar-refractivity contribution in [1.29, 1.82) is 0 Å². The number of hydrogen-bond donors (Lipinski definition) is 1. The molecule has 2 aromatic rings. The summed E-state index contributed by atoms with van der Waals surface area (Å²) >= 11 is 1.79. The lowest BCUT2D eigenvalue weighted by atomic mass is 10.1. The summed E-state index contributed by atoms with van der Waals surface area (Å²) in [7, 11) is 0. The first-order chi connectivity index (χ1) is 15.8. The molecule has 0 aromatic heterocycles. The van der Waals surface area contributed by atoms with E-state index >= 15 is 0 Å². The molecule has 1 aliphatic rings. The smallest absolute Gasteiger partial charge is 0.120 e. The number of unbranched alkanes of at least 4 members (excludes halogenated alkanes) is 10. The number of hydrogen-bond acceptors (Lipinski definition) is 4. The molecule has 0 bridgehead atoms. The number of anilines is 2. The lowest BCUT2D eigenvalue weighted by Gasteiger charge is -2.22. The molecule has 0 atom stereocenters. The van der Waals surface area contributed by atoms with Gasteiger partial charge in [0.15, 0.2) is 0 Å². The highest BCUT2D eigenvalue weighted by molar-refractivity contribution is 7.99. The van der Waals surface area contributed by atoms with Gasteiger partial charge in [-0.1, -0.05) is 89.8 Å². The van der Waals surface area contributed by atoms with Crippen molar-refractivity contribution in [3.63, 3.8) is 0 Å². The Kier molecular flexibility index (Phi) is 11.1. The summed E-state index contributed by atoms with van der Waals surface area (Å²) in [5.41, 5.74) is 2.30. The van der Waals surface area contributed by atoms with Gasteiger partial charge >= 0.3 is 0 Å². The Hall–Kier alpha value is -1.81. The standard InChI is InChI=1S/C28H41NO2S/c1-3-5-7-9-11-13-19-30-23-15-17-25-27(21-23)32-28-22-24(16-18-26(28)29-25)31-20-14-12-10-8-6-4-2/h15-18,21-22,29H,3-14,19-20H2,1-2H3. The van der Waals surface area contributed by atoms with Crippen LogP contribution < -0.4 is 14.8 Å². The molecule has 3 rings (SSSR count). The molecule has 0 radical (unpaired) electrons. The Bertz CT molecular complexity index is 743. The highest BCUT2D eigenvalue weighted by atomic mass is 32.2. The highest BCUT2D eigenvalue weighted by Crippen LogP contribution is 2.46. The van der Waals surface area contributed by atoms with Crippen LogP contribution in [0.15, 0.2) is 46.2 Å². The number of benzene rings is 2. The Morgan fingerprint density at radius 1 is 0.594 bits per heavy atom. The maximum absolute atomic E-state index is 6.03. The SMILES string of the molecule is CCCCCCCCOc1ccc2c(c1)Sc1cc(OCCCCCCCC)ccc1N2. The van der Waals surface area contributed by atoms with Gasteiger partial charge in [-0.25, -0.2) is 0 Å². The average molecular weight is 456 g/mol. The van der Waals surface area contributed by atoms with Crippen LogP contribution in [-0.4, -0.2) is 13.2 Å². The Balaban J connectivity index is 1.44. The van der Waals surface area contributed by atoms with Crippen molar-refractivity contribution in [1.82, 2.24) is 0 Å². The van der Waals surface area contributed by atoms with Crippen molar-refractivity contribution in [2.24, 2.45) is 0 Å². The van der Waals surface area contributed by atoms with Gasteiger partial charge in [-0.3, -0.25) is 0 Å². The zero-order valence-corrected chi connectivity index (χ0v) is 20.9. The third-order valence-corrected chi connectivity index (χ3v) is 7.04. The van der Waals surface area contributed by atoms with Gasteiger partial charge in [0.1, 0.15) is 11.5 Å². The van der Waals surface area contributed by atoms with Gasteiger partial charge in [-0.15, -0.1) is 0 Å². The summed E-state index contributed by atoms with van der Waals surface area (Å²) < 4.78 is 12.1. The predicted molar refractivity (Wildman–Crippen MR) is 138 cm³/mol. The van der Waals surface area contributed by atoms with E-state index in [1.807, 2.05) is 0 Å². The molecule has 0 saturated carbocycles. The quantitative estimate of drug-likeness (QED) is 0.218. The average Bonchev–Trinajstić information content (AvgIpc) is 2.81. The first-order valence-electron chi connectivity index (χ1n) is 12.8. The van der Waals surface area contributed by atoms with E-state index in [1.165, 1.54) is 74.0 Å². The number of nitrogens with one attached hydrogen (secondary N) is 1. The summed E-state index contributed by atoms with van der Waals surface area (Å²) in [5.74, 6) is 1.93. The minimum Gasteiger partial charge on any atom is -0.494 e. The molecule has 0 spiro atoms. The molecular weight excluding hydrogens is 414 g/mol. The predicted octanol–water partition coefficient (Wildman–Crippen LogP) is 9.37. The summed E-state index contributed by atoms with van der Waals surface area (Å²) in [5, 5.41) is 3.55. The van der Waals surface area contributed by atoms with Crippen molar-refractivity contribution in [2.45, 2.75) is 101 Å². The third-order valence-electron chi connectivity index (χ3n) is 5.93. The molecule has 0 unspecified atom stereocenters. The van der Waals surface area contributed by atoms with E-state index in [1.54, 1.807) is 11.8 Å². The van der Waals surface area contributed by atoms with Crippen LogP contribution >= 0.6 is 11.8 Å². The van der Waals surface area contributed by atoms with Crippen LogP contribution in [0.25, 0.3) is 0 Å². The highest BCUT2D eigenvalue weighted by Gasteiger charge is 2.17. The number of fused-ring (bicyclic) bond motifs is 2. The Morgan fingerprint density at radius 2 is 1.03 bits per heavy atom. The Labute approximate surface area is 199 Å². The molecule has 0 fully saturated rings. The zero-order chi connectivity index (χ0) is 22.4. The van der Waals surface area contributed by atoms with Crippen LogP contribution in [0.2, 0.25) is 0 Å². The van der Waals surface area contributed by atoms with E-state index in [4.69, 9.17) is 9.47 Å². The van der Waals surface area contributed by atoms with E-state index in [9.17, 15) is 0 Å². The maximum Gasteiger partial charge on any atom is 0.120 e.